The summed E-state index contributed by atoms with van der Waals surface area (Å²) in [5.41, 5.74) is 0. The molecule has 2 heterocycles. The number of β-amino-alcohol motifs (C(OH)–C–C–N with tert-alkyl or cyclic N) is 1. The van der Waals surface area contributed by atoms with Gasteiger partial charge in [-0.15, -0.1) is 0 Å². The van der Waals surface area contributed by atoms with Gasteiger partial charge in [-0.2, -0.15) is 0 Å². The summed E-state index contributed by atoms with van der Waals surface area (Å²) in [6.45, 7) is 10.4. The highest BCUT2D eigenvalue weighted by Gasteiger charge is 2.26. The average molecular weight is 242 g/mol. The molecule has 4 heteroatoms. The molecule has 4 nitrogen and oxygen atoms in total. The normalized spacial score (nSPS) is 29.6. The Morgan fingerprint density at radius 2 is 1.94 bits per heavy atom. The maximum absolute atomic E-state index is 10.1. The molecular weight excluding hydrogens is 216 g/mol. The summed E-state index contributed by atoms with van der Waals surface area (Å²) < 4.78 is 5.33. The topological polar surface area (TPSA) is 35.9 Å². The van der Waals surface area contributed by atoms with E-state index in [1.54, 1.807) is 0 Å². The lowest BCUT2D eigenvalue weighted by atomic mass is 10.0. The fraction of sp³-hybridized carbons (Fsp3) is 1.00. The van der Waals surface area contributed by atoms with Gasteiger partial charge in [0.05, 0.1) is 12.7 Å². The van der Waals surface area contributed by atoms with Crippen LogP contribution < -0.4 is 0 Å². The molecule has 0 aromatic heterocycles. The second-order valence-electron chi connectivity index (χ2n) is 5.33. The van der Waals surface area contributed by atoms with E-state index in [9.17, 15) is 5.11 Å². The van der Waals surface area contributed by atoms with Gasteiger partial charge < -0.3 is 14.7 Å². The molecule has 2 aliphatic heterocycles. The first-order chi connectivity index (χ1) is 8.29. The van der Waals surface area contributed by atoms with Crippen molar-refractivity contribution in [2.75, 3.05) is 52.5 Å². The van der Waals surface area contributed by atoms with E-state index in [1.807, 2.05) is 0 Å². The molecule has 17 heavy (non-hydrogen) atoms. The molecule has 0 spiro atoms. The lowest BCUT2D eigenvalue weighted by Gasteiger charge is -2.36. The fourth-order valence-corrected chi connectivity index (χ4v) is 2.78. The van der Waals surface area contributed by atoms with E-state index < -0.39 is 0 Å². The molecule has 2 unspecified atom stereocenters. The van der Waals surface area contributed by atoms with Crippen molar-refractivity contribution in [2.24, 2.45) is 5.92 Å². The van der Waals surface area contributed by atoms with Crippen LogP contribution in [-0.2, 0) is 4.74 Å². The Kier molecular flexibility index (Phi) is 5.22. The van der Waals surface area contributed by atoms with Crippen LogP contribution in [0.2, 0.25) is 0 Å². The zero-order valence-electron chi connectivity index (χ0n) is 11.0. The first-order valence-corrected chi connectivity index (χ1v) is 7.00. The van der Waals surface area contributed by atoms with Crippen LogP contribution in [0.5, 0.6) is 0 Å². The Morgan fingerprint density at radius 3 is 2.53 bits per heavy atom. The van der Waals surface area contributed by atoms with Gasteiger partial charge in [-0.3, -0.25) is 4.90 Å². The van der Waals surface area contributed by atoms with Crippen LogP contribution in [0.15, 0.2) is 0 Å². The Bertz CT molecular complexity index is 211. The molecule has 2 atom stereocenters. The van der Waals surface area contributed by atoms with Crippen LogP contribution in [0.4, 0.5) is 0 Å². The quantitative estimate of drug-likeness (QED) is 0.757. The lowest BCUT2D eigenvalue weighted by Crippen LogP contribution is -2.49. The predicted octanol–water partition coefficient (Wildman–Crippen LogP) is 0.411. The highest BCUT2D eigenvalue weighted by Crippen LogP contribution is 2.18. The zero-order valence-corrected chi connectivity index (χ0v) is 11.0. The predicted molar refractivity (Wildman–Crippen MR) is 68.1 cm³/mol. The van der Waals surface area contributed by atoms with E-state index in [1.165, 1.54) is 13.0 Å². The van der Waals surface area contributed by atoms with Gasteiger partial charge >= 0.3 is 0 Å². The van der Waals surface area contributed by atoms with Crippen LogP contribution >= 0.6 is 0 Å². The van der Waals surface area contributed by atoms with Crippen molar-refractivity contribution in [2.45, 2.75) is 25.9 Å². The number of hydrogen-bond donors (Lipinski definition) is 1. The monoisotopic (exact) mass is 242 g/mol. The van der Waals surface area contributed by atoms with Gasteiger partial charge in [-0.1, -0.05) is 6.92 Å². The first-order valence-electron chi connectivity index (χ1n) is 7.00. The summed E-state index contributed by atoms with van der Waals surface area (Å²) in [6.07, 6.45) is 2.06. The summed E-state index contributed by atoms with van der Waals surface area (Å²) >= 11 is 0. The molecule has 0 bridgehead atoms. The van der Waals surface area contributed by atoms with Crippen LogP contribution in [0.25, 0.3) is 0 Å². The second kappa shape index (κ2) is 6.69. The first kappa shape index (κ1) is 13.3. The van der Waals surface area contributed by atoms with Crippen LogP contribution in [0.1, 0.15) is 19.8 Å². The van der Waals surface area contributed by atoms with Gasteiger partial charge in [0.1, 0.15) is 0 Å². The van der Waals surface area contributed by atoms with Gasteiger partial charge in [-0.25, -0.2) is 0 Å². The summed E-state index contributed by atoms with van der Waals surface area (Å²) in [7, 11) is 0. The molecule has 0 aromatic carbocycles. The number of hydrogen-bond acceptors (Lipinski definition) is 4. The van der Waals surface area contributed by atoms with Gasteiger partial charge in [0, 0.05) is 45.2 Å². The highest BCUT2D eigenvalue weighted by molar-refractivity contribution is 4.79. The summed E-state index contributed by atoms with van der Waals surface area (Å²) in [6, 6.07) is 0. The molecule has 0 aromatic rings. The number of aliphatic hydroxyl groups excluding tert-OH is 1. The maximum Gasteiger partial charge on any atom is 0.0718 e. The minimum Gasteiger partial charge on any atom is -0.391 e. The van der Waals surface area contributed by atoms with Crippen molar-refractivity contribution in [3.63, 3.8) is 0 Å². The third kappa shape index (κ3) is 3.91. The SMILES string of the molecule is CCCN1CCN(CC(O)C2CCOC2)CC1. The number of nitrogens with zero attached hydrogens (tertiary/aromatic N) is 2. The number of piperazine rings is 1. The Balaban J connectivity index is 1.66. The minimum atomic E-state index is -0.199. The molecule has 100 valence electrons. The average Bonchev–Trinajstić information content (AvgIpc) is 2.86. The van der Waals surface area contributed by atoms with E-state index >= 15 is 0 Å². The Morgan fingerprint density at radius 1 is 1.24 bits per heavy atom. The number of ether oxygens (including phenoxy) is 1. The number of rotatable bonds is 5. The van der Waals surface area contributed by atoms with E-state index in [0.717, 1.165) is 52.4 Å². The third-order valence-corrected chi connectivity index (χ3v) is 3.96. The molecule has 0 radical (unpaired) electrons. The summed E-state index contributed by atoms with van der Waals surface area (Å²) in [5.74, 6) is 0.365. The van der Waals surface area contributed by atoms with E-state index in [0.29, 0.717) is 5.92 Å². The van der Waals surface area contributed by atoms with Crippen molar-refractivity contribution >= 4 is 0 Å². The van der Waals surface area contributed by atoms with E-state index in [4.69, 9.17) is 4.74 Å². The third-order valence-electron chi connectivity index (χ3n) is 3.96. The van der Waals surface area contributed by atoms with Crippen LogP contribution in [-0.4, -0.2) is 73.5 Å². The van der Waals surface area contributed by atoms with Crippen molar-refractivity contribution in [3.8, 4) is 0 Å². The van der Waals surface area contributed by atoms with Crippen molar-refractivity contribution in [1.29, 1.82) is 0 Å². The Hall–Kier alpha value is -0.160. The summed E-state index contributed by atoms with van der Waals surface area (Å²) in [4.78, 5) is 4.91. The van der Waals surface area contributed by atoms with Crippen LogP contribution in [0, 0.1) is 5.92 Å². The molecule has 2 aliphatic rings. The maximum atomic E-state index is 10.1. The zero-order chi connectivity index (χ0) is 12.1. The standard InChI is InChI=1S/C13H26N2O2/c1-2-4-14-5-7-15(8-6-14)10-13(16)12-3-9-17-11-12/h12-13,16H,2-11H2,1H3. The van der Waals surface area contributed by atoms with Crippen molar-refractivity contribution in [3.05, 3.63) is 0 Å². The summed E-state index contributed by atoms with van der Waals surface area (Å²) in [5, 5.41) is 10.1. The fourth-order valence-electron chi connectivity index (χ4n) is 2.78. The largest absolute Gasteiger partial charge is 0.391 e. The highest BCUT2D eigenvalue weighted by atomic mass is 16.5. The van der Waals surface area contributed by atoms with Crippen molar-refractivity contribution < 1.29 is 9.84 Å². The molecule has 0 amide bonds. The smallest absolute Gasteiger partial charge is 0.0718 e. The van der Waals surface area contributed by atoms with Crippen molar-refractivity contribution in [1.82, 2.24) is 9.80 Å². The van der Waals surface area contributed by atoms with E-state index in [2.05, 4.69) is 16.7 Å². The number of aliphatic hydroxyl groups is 1. The Labute approximate surface area is 105 Å². The minimum absolute atomic E-state index is 0.199. The second-order valence-corrected chi connectivity index (χ2v) is 5.33. The van der Waals surface area contributed by atoms with E-state index in [-0.39, 0.29) is 6.10 Å². The van der Waals surface area contributed by atoms with Gasteiger partial charge in [0.15, 0.2) is 0 Å². The lowest BCUT2D eigenvalue weighted by molar-refractivity contribution is 0.0365. The molecule has 2 rings (SSSR count). The molecular formula is C13H26N2O2. The molecule has 1 N–H and O–H groups in total. The molecule has 0 aliphatic carbocycles. The van der Waals surface area contributed by atoms with Gasteiger partial charge in [0.2, 0.25) is 0 Å². The van der Waals surface area contributed by atoms with Gasteiger partial charge in [-0.05, 0) is 19.4 Å². The molecule has 2 saturated heterocycles. The molecule has 2 fully saturated rings. The van der Waals surface area contributed by atoms with Crippen LogP contribution in [0.3, 0.4) is 0 Å². The molecule has 0 saturated carbocycles. The van der Waals surface area contributed by atoms with Gasteiger partial charge in [0.25, 0.3) is 0 Å².